The Hall–Kier alpha value is -3.04. The zero-order valence-electron chi connectivity index (χ0n) is 16.8. The van der Waals surface area contributed by atoms with Crippen molar-refractivity contribution in [3.05, 3.63) is 35.6 Å². The molecule has 4 aromatic rings. The van der Waals surface area contributed by atoms with E-state index in [4.69, 9.17) is 0 Å². The number of thiazole rings is 1. The third kappa shape index (κ3) is 3.40. The highest BCUT2D eigenvalue weighted by atomic mass is 32.1. The molecule has 1 aliphatic rings. The number of hydrogen-bond donors (Lipinski definition) is 4. The standard InChI is InChI=1S/C21H23N7OS/c1-11-8-14(6-7-22-11)26-19-18(27-28-21-20(19)30-12(2)25-21)17-15(4-3-5-16(17)29)13-9-23-24-10-13/h3-5,9-11,14,22,29H,6-8H2,1-2H3,(H,23,24)(H,26,28)/t11-,14+/m1/s1. The molecule has 30 heavy (non-hydrogen) atoms. The lowest BCUT2D eigenvalue weighted by Crippen LogP contribution is -2.41. The average Bonchev–Trinajstić information content (AvgIpc) is 3.38. The third-order valence-corrected chi connectivity index (χ3v) is 6.46. The van der Waals surface area contributed by atoms with Crippen LogP contribution in [-0.2, 0) is 0 Å². The normalized spacial score (nSPS) is 19.3. The molecule has 1 aromatic carbocycles. The van der Waals surface area contributed by atoms with E-state index in [1.54, 1.807) is 23.6 Å². The predicted octanol–water partition coefficient (Wildman–Crippen LogP) is 3.71. The largest absolute Gasteiger partial charge is 0.507 e. The van der Waals surface area contributed by atoms with Crippen LogP contribution in [0.2, 0.25) is 0 Å². The first-order chi connectivity index (χ1) is 14.6. The van der Waals surface area contributed by atoms with Gasteiger partial charge in [-0.05, 0) is 44.9 Å². The van der Waals surface area contributed by atoms with Crippen LogP contribution in [0.25, 0.3) is 32.7 Å². The van der Waals surface area contributed by atoms with E-state index >= 15 is 0 Å². The molecular weight excluding hydrogens is 398 g/mol. The molecular formula is C21H23N7OS. The van der Waals surface area contributed by atoms with Crippen molar-refractivity contribution >= 4 is 27.4 Å². The fraction of sp³-hybridized carbons (Fsp3) is 0.333. The summed E-state index contributed by atoms with van der Waals surface area (Å²) in [5, 5.41) is 34.8. The molecule has 0 radical (unpaired) electrons. The number of aromatic nitrogens is 5. The van der Waals surface area contributed by atoms with Crippen molar-refractivity contribution in [2.24, 2.45) is 0 Å². The van der Waals surface area contributed by atoms with Crippen LogP contribution in [0.3, 0.4) is 0 Å². The second kappa shape index (κ2) is 7.66. The highest BCUT2D eigenvalue weighted by Crippen LogP contribution is 2.43. The van der Waals surface area contributed by atoms with Gasteiger partial charge in [-0.2, -0.15) is 5.10 Å². The Balaban J connectivity index is 1.71. The zero-order valence-corrected chi connectivity index (χ0v) is 17.6. The molecule has 9 heteroatoms. The minimum Gasteiger partial charge on any atom is -0.507 e. The lowest BCUT2D eigenvalue weighted by molar-refractivity contribution is 0.396. The number of anilines is 1. The van der Waals surface area contributed by atoms with Crippen LogP contribution in [0.4, 0.5) is 5.69 Å². The molecule has 4 N–H and O–H groups in total. The van der Waals surface area contributed by atoms with E-state index in [9.17, 15) is 5.11 Å². The number of benzene rings is 1. The molecule has 1 saturated heterocycles. The van der Waals surface area contributed by atoms with Gasteiger partial charge in [0.1, 0.15) is 16.1 Å². The van der Waals surface area contributed by atoms with Gasteiger partial charge >= 0.3 is 0 Å². The highest BCUT2D eigenvalue weighted by Gasteiger charge is 2.25. The van der Waals surface area contributed by atoms with Gasteiger partial charge in [0.2, 0.25) is 0 Å². The van der Waals surface area contributed by atoms with Gasteiger partial charge in [-0.3, -0.25) is 5.10 Å². The summed E-state index contributed by atoms with van der Waals surface area (Å²) in [4.78, 5) is 4.53. The summed E-state index contributed by atoms with van der Waals surface area (Å²) in [5.74, 6) is 0.158. The molecule has 8 nitrogen and oxygen atoms in total. The van der Waals surface area contributed by atoms with E-state index in [-0.39, 0.29) is 5.75 Å². The van der Waals surface area contributed by atoms with Gasteiger partial charge in [-0.25, -0.2) is 4.98 Å². The van der Waals surface area contributed by atoms with Gasteiger partial charge in [0, 0.05) is 23.8 Å². The molecule has 154 valence electrons. The molecule has 0 spiro atoms. The monoisotopic (exact) mass is 421 g/mol. The Morgan fingerprint density at radius 2 is 2.17 bits per heavy atom. The number of rotatable bonds is 4. The Kier molecular flexibility index (Phi) is 4.84. The van der Waals surface area contributed by atoms with Crippen LogP contribution in [0, 0.1) is 6.92 Å². The number of aromatic hydroxyl groups is 1. The second-order valence-electron chi connectivity index (χ2n) is 7.72. The second-order valence-corrected chi connectivity index (χ2v) is 8.92. The van der Waals surface area contributed by atoms with Crippen LogP contribution in [0.1, 0.15) is 24.8 Å². The summed E-state index contributed by atoms with van der Waals surface area (Å²) in [5.41, 5.74) is 4.52. The van der Waals surface area contributed by atoms with Gasteiger partial charge in [0.15, 0.2) is 5.65 Å². The molecule has 0 bridgehead atoms. The minimum absolute atomic E-state index is 0.158. The van der Waals surface area contributed by atoms with E-state index in [1.807, 2.05) is 25.3 Å². The van der Waals surface area contributed by atoms with Gasteiger partial charge in [0.25, 0.3) is 0 Å². The first-order valence-electron chi connectivity index (χ1n) is 10.1. The third-order valence-electron chi connectivity index (χ3n) is 5.49. The summed E-state index contributed by atoms with van der Waals surface area (Å²) < 4.78 is 0.963. The molecule has 0 unspecified atom stereocenters. The molecule has 0 saturated carbocycles. The highest BCUT2D eigenvalue weighted by molar-refractivity contribution is 7.19. The van der Waals surface area contributed by atoms with Crippen molar-refractivity contribution in [3.63, 3.8) is 0 Å². The SMILES string of the molecule is Cc1nc2nnc(-c3c(O)cccc3-c3cn[nH]c3)c(N[C@H]3CCN[C@H](C)C3)c2s1. The molecule has 1 aliphatic heterocycles. The Morgan fingerprint density at radius 3 is 2.97 bits per heavy atom. The fourth-order valence-corrected chi connectivity index (χ4v) is 4.97. The van der Waals surface area contributed by atoms with Crippen LogP contribution in [-0.4, -0.2) is 49.1 Å². The van der Waals surface area contributed by atoms with Gasteiger partial charge in [-0.1, -0.05) is 12.1 Å². The van der Waals surface area contributed by atoms with E-state index in [1.165, 1.54) is 0 Å². The minimum atomic E-state index is 0.158. The molecule has 5 rings (SSSR count). The van der Waals surface area contributed by atoms with E-state index in [2.05, 4.69) is 42.9 Å². The van der Waals surface area contributed by atoms with Gasteiger partial charge < -0.3 is 15.7 Å². The molecule has 2 atom stereocenters. The molecule has 4 heterocycles. The maximum Gasteiger partial charge on any atom is 0.195 e. The van der Waals surface area contributed by atoms with Crippen LogP contribution >= 0.6 is 11.3 Å². The summed E-state index contributed by atoms with van der Waals surface area (Å²) in [7, 11) is 0. The van der Waals surface area contributed by atoms with Gasteiger partial charge in [0.05, 0.1) is 22.5 Å². The van der Waals surface area contributed by atoms with Crippen molar-refractivity contribution in [1.29, 1.82) is 0 Å². The number of phenolic OH excluding ortho intramolecular Hbond substituents is 1. The predicted molar refractivity (Wildman–Crippen MR) is 119 cm³/mol. The Bertz CT molecular complexity index is 1190. The quantitative estimate of drug-likeness (QED) is 0.397. The van der Waals surface area contributed by atoms with Crippen molar-refractivity contribution in [1.82, 2.24) is 30.7 Å². The number of hydrogen-bond acceptors (Lipinski definition) is 8. The zero-order chi connectivity index (χ0) is 20.7. The van der Waals surface area contributed by atoms with E-state index in [0.29, 0.717) is 29.0 Å². The van der Waals surface area contributed by atoms with Crippen LogP contribution in [0.5, 0.6) is 5.75 Å². The van der Waals surface area contributed by atoms with Crippen molar-refractivity contribution in [2.75, 3.05) is 11.9 Å². The Labute approximate surface area is 177 Å². The summed E-state index contributed by atoms with van der Waals surface area (Å²) in [6, 6.07) is 6.21. The van der Waals surface area contributed by atoms with Gasteiger partial charge in [-0.15, -0.1) is 21.5 Å². The summed E-state index contributed by atoms with van der Waals surface area (Å²) in [6.07, 6.45) is 5.57. The number of phenols is 1. The molecule has 0 amide bonds. The molecule has 0 aliphatic carbocycles. The maximum absolute atomic E-state index is 10.8. The Morgan fingerprint density at radius 1 is 1.27 bits per heavy atom. The smallest absolute Gasteiger partial charge is 0.195 e. The molecule has 3 aromatic heterocycles. The lowest BCUT2D eigenvalue weighted by Gasteiger charge is -2.30. The van der Waals surface area contributed by atoms with Crippen LogP contribution in [0.15, 0.2) is 30.6 Å². The maximum atomic E-state index is 10.8. The fourth-order valence-electron chi connectivity index (χ4n) is 4.11. The number of aryl methyl sites for hydroxylation is 1. The average molecular weight is 422 g/mol. The van der Waals surface area contributed by atoms with Crippen molar-refractivity contribution in [3.8, 4) is 28.1 Å². The number of nitrogens with zero attached hydrogens (tertiary/aromatic N) is 4. The summed E-state index contributed by atoms with van der Waals surface area (Å²) in [6.45, 7) is 5.14. The number of fused-ring (bicyclic) bond motifs is 1. The van der Waals surface area contributed by atoms with Crippen LogP contribution < -0.4 is 10.6 Å². The number of H-pyrrole nitrogens is 1. The van der Waals surface area contributed by atoms with E-state index < -0.39 is 0 Å². The van der Waals surface area contributed by atoms with E-state index in [0.717, 1.165) is 45.9 Å². The lowest BCUT2D eigenvalue weighted by atomic mass is 9.96. The number of nitrogens with one attached hydrogen (secondary N) is 3. The first kappa shape index (κ1) is 19.0. The van der Waals surface area contributed by atoms with Crippen molar-refractivity contribution in [2.45, 2.75) is 38.8 Å². The topological polar surface area (TPSA) is 112 Å². The summed E-state index contributed by atoms with van der Waals surface area (Å²) >= 11 is 1.59. The number of aromatic amines is 1. The number of piperidine rings is 1. The first-order valence-corrected chi connectivity index (χ1v) is 10.9. The van der Waals surface area contributed by atoms with Crippen molar-refractivity contribution < 1.29 is 5.11 Å². The molecule has 1 fully saturated rings.